The van der Waals surface area contributed by atoms with E-state index in [4.69, 9.17) is 9.15 Å². The fraction of sp³-hybridized carbons (Fsp3) is 0.353. The summed E-state index contributed by atoms with van der Waals surface area (Å²) in [6, 6.07) is 11.1. The van der Waals surface area contributed by atoms with Crippen LogP contribution in [0.15, 0.2) is 47.1 Å². The number of ether oxygens (including phenoxy) is 1. The Morgan fingerprint density at radius 2 is 1.95 bits per heavy atom. The largest absolute Gasteiger partial charge is 0.494 e. The second-order valence-corrected chi connectivity index (χ2v) is 4.76. The monoisotopic (exact) mass is 287 g/mol. The molecule has 0 aliphatic carbocycles. The average molecular weight is 287 g/mol. The lowest BCUT2D eigenvalue weighted by atomic mass is 10.1. The fourth-order valence-electron chi connectivity index (χ4n) is 2.10. The van der Waals surface area contributed by atoms with Crippen molar-refractivity contribution in [2.45, 2.75) is 20.4 Å². The number of nitrogens with zero attached hydrogens (tertiary/aromatic N) is 1. The molecule has 0 aliphatic heterocycles. The van der Waals surface area contributed by atoms with E-state index >= 15 is 0 Å². The Morgan fingerprint density at radius 3 is 2.52 bits per heavy atom. The first-order valence-electron chi connectivity index (χ1n) is 7.23. The summed E-state index contributed by atoms with van der Waals surface area (Å²) >= 11 is 0. The quantitative estimate of drug-likeness (QED) is 0.698. The molecule has 0 N–H and O–H groups in total. The zero-order valence-corrected chi connectivity index (χ0v) is 12.5. The summed E-state index contributed by atoms with van der Waals surface area (Å²) in [6.07, 6.45) is 1.65. The summed E-state index contributed by atoms with van der Waals surface area (Å²) in [5.74, 6) is 1.76. The minimum absolute atomic E-state index is 0.103. The molecule has 21 heavy (non-hydrogen) atoms. The summed E-state index contributed by atoms with van der Waals surface area (Å²) in [6.45, 7) is 6.42. The Bertz CT molecular complexity index is 546. The second-order valence-electron chi connectivity index (χ2n) is 4.76. The number of carbonyl (C=O) groups excluding carboxylic acids is 1. The van der Waals surface area contributed by atoms with Gasteiger partial charge >= 0.3 is 0 Å². The minimum atomic E-state index is 0.103. The van der Waals surface area contributed by atoms with Crippen LogP contribution in [-0.4, -0.2) is 30.4 Å². The van der Waals surface area contributed by atoms with Crippen LogP contribution in [0.1, 0.15) is 30.0 Å². The van der Waals surface area contributed by atoms with Crippen LogP contribution in [0.2, 0.25) is 0 Å². The molecule has 112 valence electrons. The summed E-state index contributed by atoms with van der Waals surface area (Å²) in [4.78, 5) is 14.4. The molecular formula is C17H21NO3. The van der Waals surface area contributed by atoms with Gasteiger partial charge in [0.2, 0.25) is 0 Å². The highest BCUT2D eigenvalue weighted by Crippen LogP contribution is 2.13. The molecule has 4 nitrogen and oxygen atoms in total. The first-order chi connectivity index (χ1) is 10.2. The maximum absolute atomic E-state index is 12.3. The van der Waals surface area contributed by atoms with Gasteiger partial charge in [0.15, 0.2) is 5.78 Å². The van der Waals surface area contributed by atoms with Gasteiger partial charge in [-0.25, -0.2) is 0 Å². The molecule has 0 bridgehead atoms. The van der Waals surface area contributed by atoms with Crippen molar-refractivity contribution in [3.05, 3.63) is 54.0 Å². The lowest BCUT2D eigenvalue weighted by molar-refractivity contribution is 0.0925. The van der Waals surface area contributed by atoms with Crippen LogP contribution in [0.3, 0.4) is 0 Å². The predicted octanol–water partition coefficient (Wildman–Crippen LogP) is 3.38. The maximum Gasteiger partial charge on any atom is 0.176 e. The van der Waals surface area contributed by atoms with E-state index in [9.17, 15) is 4.79 Å². The number of furan rings is 1. The van der Waals surface area contributed by atoms with Crippen LogP contribution < -0.4 is 4.74 Å². The summed E-state index contributed by atoms with van der Waals surface area (Å²) in [5.41, 5.74) is 0.705. The number of ketones is 1. The zero-order chi connectivity index (χ0) is 15.1. The van der Waals surface area contributed by atoms with E-state index in [1.54, 1.807) is 6.26 Å². The SMILES string of the molecule is CCOc1ccc(C(=O)CN(CC)Cc2ccco2)cc1. The molecule has 0 radical (unpaired) electrons. The van der Waals surface area contributed by atoms with Crippen molar-refractivity contribution in [3.8, 4) is 5.75 Å². The van der Waals surface area contributed by atoms with Crippen molar-refractivity contribution in [2.75, 3.05) is 19.7 Å². The molecule has 1 aromatic heterocycles. The molecule has 1 aromatic carbocycles. The van der Waals surface area contributed by atoms with Gasteiger partial charge in [0, 0.05) is 5.56 Å². The van der Waals surface area contributed by atoms with Gasteiger partial charge in [-0.3, -0.25) is 9.69 Å². The number of benzene rings is 1. The van der Waals surface area contributed by atoms with E-state index in [2.05, 4.69) is 4.90 Å². The van der Waals surface area contributed by atoms with E-state index in [1.807, 2.05) is 50.2 Å². The molecule has 0 spiro atoms. The Labute approximate surface area is 125 Å². The zero-order valence-electron chi connectivity index (χ0n) is 12.5. The number of carbonyl (C=O) groups is 1. The number of hydrogen-bond acceptors (Lipinski definition) is 4. The molecular weight excluding hydrogens is 266 g/mol. The molecule has 2 aromatic rings. The molecule has 0 aliphatic rings. The van der Waals surface area contributed by atoms with Crippen molar-refractivity contribution in [1.82, 2.24) is 4.90 Å². The van der Waals surface area contributed by atoms with Crippen LogP contribution in [-0.2, 0) is 6.54 Å². The van der Waals surface area contributed by atoms with Crippen LogP contribution in [0.25, 0.3) is 0 Å². The van der Waals surface area contributed by atoms with Gasteiger partial charge < -0.3 is 9.15 Å². The first kappa shape index (κ1) is 15.3. The predicted molar refractivity (Wildman–Crippen MR) is 81.6 cm³/mol. The molecule has 0 amide bonds. The molecule has 4 heteroatoms. The summed E-state index contributed by atoms with van der Waals surface area (Å²) in [5, 5.41) is 0. The first-order valence-corrected chi connectivity index (χ1v) is 7.23. The van der Waals surface area contributed by atoms with Crippen molar-refractivity contribution in [1.29, 1.82) is 0 Å². The number of rotatable bonds is 8. The smallest absolute Gasteiger partial charge is 0.176 e. The highest BCUT2D eigenvalue weighted by atomic mass is 16.5. The van der Waals surface area contributed by atoms with Gasteiger partial charge in [0.25, 0.3) is 0 Å². The van der Waals surface area contributed by atoms with Crippen molar-refractivity contribution in [2.24, 2.45) is 0 Å². The van der Waals surface area contributed by atoms with Crippen LogP contribution in [0.5, 0.6) is 5.75 Å². The van der Waals surface area contributed by atoms with Crippen molar-refractivity contribution in [3.63, 3.8) is 0 Å². The van der Waals surface area contributed by atoms with Gasteiger partial charge in [-0.1, -0.05) is 6.92 Å². The van der Waals surface area contributed by atoms with Gasteiger partial charge in [-0.05, 0) is 49.9 Å². The number of likely N-dealkylation sites (N-methyl/N-ethyl adjacent to an activating group) is 1. The third-order valence-electron chi connectivity index (χ3n) is 3.26. The van der Waals surface area contributed by atoms with Gasteiger partial charge in [-0.2, -0.15) is 0 Å². The normalized spacial score (nSPS) is 10.8. The Hall–Kier alpha value is -2.07. The third kappa shape index (κ3) is 4.46. The number of Topliss-reactive ketones (excluding diaryl/α,β-unsaturated/α-hetero) is 1. The van der Waals surface area contributed by atoms with E-state index in [-0.39, 0.29) is 5.78 Å². The van der Waals surface area contributed by atoms with Gasteiger partial charge in [-0.15, -0.1) is 0 Å². The van der Waals surface area contributed by atoms with Gasteiger partial charge in [0.1, 0.15) is 11.5 Å². The number of hydrogen-bond donors (Lipinski definition) is 0. The van der Waals surface area contributed by atoms with Crippen LogP contribution >= 0.6 is 0 Å². The molecule has 0 saturated heterocycles. The third-order valence-corrected chi connectivity index (χ3v) is 3.26. The fourth-order valence-corrected chi connectivity index (χ4v) is 2.10. The van der Waals surface area contributed by atoms with Crippen molar-refractivity contribution < 1.29 is 13.9 Å². The van der Waals surface area contributed by atoms with Crippen molar-refractivity contribution >= 4 is 5.78 Å². The topological polar surface area (TPSA) is 42.7 Å². The van der Waals surface area contributed by atoms with E-state index < -0.39 is 0 Å². The molecule has 0 unspecified atom stereocenters. The molecule has 0 fully saturated rings. The molecule has 1 heterocycles. The molecule has 2 rings (SSSR count). The molecule has 0 saturated carbocycles. The molecule has 0 atom stereocenters. The minimum Gasteiger partial charge on any atom is -0.494 e. The van der Waals surface area contributed by atoms with E-state index in [0.29, 0.717) is 25.3 Å². The lowest BCUT2D eigenvalue weighted by Gasteiger charge is -2.18. The Morgan fingerprint density at radius 1 is 1.19 bits per heavy atom. The lowest BCUT2D eigenvalue weighted by Crippen LogP contribution is -2.29. The van der Waals surface area contributed by atoms with E-state index in [0.717, 1.165) is 18.1 Å². The van der Waals surface area contributed by atoms with Gasteiger partial charge in [0.05, 0.1) is 26.0 Å². The summed E-state index contributed by atoms with van der Waals surface area (Å²) < 4.78 is 10.7. The Kier molecular flexibility index (Phi) is 5.58. The van der Waals surface area contributed by atoms with Crippen LogP contribution in [0, 0.1) is 0 Å². The highest BCUT2D eigenvalue weighted by Gasteiger charge is 2.13. The average Bonchev–Trinajstić information content (AvgIpc) is 3.00. The summed E-state index contributed by atoms with van der Waals surface area (Å²) in [7, 11) is 0. The maximum atomic E-state index is 12.3. The highest BCUT2D eigenvalue weighted by molar-refractivity contribution is 5.97. The Balaban J connectivity index is 1.95. The van der Waals surface area contributed by atoms with Crippen LogP contribution in [0.4, 0.5) is 0 Å². The standard InChI is InChI=1S/C17H21NO3/c1-3-18(12-16-6-5-11-21-16)13-17(19)14-7-9-15(10-8-14)20-4-2/h5-11H,3-4,12-13H2,1-2H3. The van der Waals surface area contributed by atoms with E-state index in [1.165, 1.54) is 0 Å². The second kappa shape index (κ2) is 7.64.